The number of ether oxygens (including phenoxy) is 2. The van der Waals surface area contributed by atoms with Crippen LogP contribution < -0.4 is 9.47 Å². The van der Waals surface area contributed by atoms with Gasteiger partial charge in [-0.25, -0.2) is 18.1 Å². The quantitative estimate of drug-likeness (QED) is 0.537. The first-order valence-electron chi connectivity index (χ1n) is 10.3. The van der Waals surface area contributed by atoms with Gasteiger partial charge in [0, 0.05) is 37.8 Å². The summed E-state index contributed by atoms with van der Waals surface area (Å²) in [5.41, 5.74) is 0.999. The fraction of sp³-hybridized carbons (Fsp3) is 0.364. The number of sulfonamides is 1. The smallest absolute Gasteiger partial charge is 0.246 e. The number of rotatable bonds is 7. The van der Waals surface area contributed by atoms with E-state index in [4.69, 9.17) is 9.47 Å². The molecule has 1 aromatic heterocycles. The predicted octanol–water partition coefficient (Wildman–Crippen LogP) is 2.23. The first-order chi connectivity index (χ1) is 15.4. The van der Waals surface area contributed by atoms with Crippen LogP contribution in [-0.2, 0) is 16.7 Å². The van der Waals surface area contributed by atoms with Crippen molar-refractivity contribution in [2.75, 3.05) is 40.4 Å². The third-order valence-electron chi connectivity index (χ3n) is 5.46. The van der Waals surface area contributed by atoms with Crippen molar-refractivity contribution in [2.45, 2.75) is 18.5 Å². The SMILES string of the molecule is COc1ccc(OC)c(S(=O)(=O)N2CCN(Cn3nc(C)nc3-c3ccccc3)CC2)c1. The van der Waals surface area contributed by atoms with Crippen molar-refractivity contribution in [1.82, 2.24) is 24.0 Å². The maximum atomic E-state index is 13.3. The van der Waals surface area contributed by atoms with Gasteiger partial charge in [-0.15, -0.1) is 0 Å². The van der Waals surface area contributed by atoms with E-state index in [1.165, 1.54) is 24.6 Å². The van der Waals surface area contributed by atoms with Crippen molar-refractivity contribution in [1.29, 1.82) is 0 Å². The van der Waals surface area contributed by atoms with Gasteiger partial charge in [0.2, 0.25) is 10.0 Å². The Hall–Kier alpha value is -2.95. The molecule has 1 aliphatic heterocycles. The highest BCUT2D eigenvalue weighted by molar-refractivity contribution is 7.89. The van der Waals surface area contributed by atoms with Crippen LogP contribution in [0.2, 0.25) is 0 Å². The van der Waals surface area contributed by atoms with Crippen molar-refractivity contribution in [2.24, 2.45) is 0 Å². The topological polar surface area (TPSA) is 89.8 Å². The Morgan fingerprint density at radius 1 is 0.969 bits per heavy atom. The molecule has 0 atom stereocenters. The summed E-state index contributed by atoms with van der Waals surface area (Å²) in [4.78, 5) is 6.86. The van der Waals surface area contributed by atoms with Crippen LogP contribution in [0, 0.1) is 6.92 Å². The Labute approximate surface area is 188 Å². The molecule has 0 spiro atoms. The molecule has 0 saturated carbocycles. The molecule has 0 aliphatic carbocycles. The molecule has 0 bridgehead atoms. The summed E-state index contributed by atoms with van der Waals surface area (Å²) < 4.78 is 40.4. The number of methoxy groups -OCH3 is 2. The summed E-state index contributed by atoms with van der Waals surface area (Å²) in [5.74, 6) is 2.28. The lowest BCUT2D eigenvalue weighted by Crippen LogP contribution is -2.49. The van der Waals surface area contributed by atoms with E-state index < -0.39 is 10.0 Å². The predicted molar refractivity (Wildman–Crippen MR) is 120 cm³/mol. The van der Waals surface area contributed by atoms with Crippen LogP contribution in [0.25, 0.3) is 11.4 Å². The lowest BCUT2D eigenvalue weighted by molar-refractivity contribution is 0.146. The summed E-state index contributed by atoms with van der Waals surface area (Å²) in [7, 11) is -0.746. The van der Waals surface area contributed by atoms with Crippen molar-refractivity contribution in [3.05, 3.63) is 54.4 Å². The monoisotopic (exact) mass is 457 g/mol. The molecule has 10 heteroatoms. The van der Waals surface area contributed by atoms with Crippen molar-refractivity contribution < 1.29 is 17.9 Å². The van der Waals surface area contributed by atoms with E-state index in [0.29, 0.717) is 50.2 Å². The van der Waals surface area contributed by atoms with Crippen molar-refractivity contribution >= 4 is 10.0 Å². The number of aromatic nitrogens is 3. The van der Waals surface area contributed by atoms with Gasteiger partial charge in [0.25, 0.3) is 0 Å². The van der Waals surface area contributed by atoms with E-state index in [1.54, 1.807) is 12.1 Å². The van der Waals surface area contributed by atoms with E-state index in [2.05, 4.69) is 15.0 Å². The minimum atomic E-state index is -3.71. The molecule has 1 aliphatic rings. The van der Waals surface area contributed by atoms with E-state index in [1.807, 2.05) is 41.9 Å². The maximum absolute atomic E-state index is 13.3. The van der Waals surface area contributed by atoms with Gasteiger partial charge in [-0.3, -0.25) is 4.90 Å². The molecule has 1 saturated heterocycles. The number of benzene rings is 2. The second-order valence-electron chi connectivity index (χ2n) is 7.53. The molecule has 2 aromatic carbocycles. The second-order valence-corrected chi connectivity index (χ2v) is 9.43. The van der Waals surface area contributed by atoms with Gasteiger partial charge in [-0.05, 0) is 19.1 Å². The average molecular weight is 458 g/mol. The normalized spacial score (nSPS) is 15.6. The van der Waals surface area contributed by atoms with Gasteiger partial charge in [0.1, 0.15) is 22.2 Å². The standard InChI is InChI=1S/C22H27N5O4S/c1-17-23-22(18-7-5-4-6-8-18)27(24-17)16-25-11-13-26(14-12-25)32(28,29)21-15-19(30-2)9-10-20(21)31-3/h4-10,15H,11-14,16H2,1-3H3. The molecule has 170 valence electrons. The van der Waals surface area contributed by atoms with Crippen LogP contribution in [-0.4, -0.2) is 72.8 Å². The summed E-state index contributed by atoms with van der Waals surface area (Å²) >= 11 is 0. The molecule has 4 rings (SSSR count). The van der Waals surface area contributed by atoms with Gasteiger partial charge < -0.3 is 9.47 Å². The molecule has 0 amide bonds. The molecule has 1 fully saturated rings. The van der Waals surface area contributed by atoms with Crippen LogP contribution in [0.4, 0.5) is 0 Å². The third-order valence-corrected chi connectivity index (χ3v) is 7.38. The average Bonchev–Trinajstić information content (AvgIpc) is 3.19. The highest BCUT2D eigenvalue weighted by Gasteiger charge is 2.31. The molecule has 9 nitrogen and oxygen atoms in total. The number of piperazine rings is 1. The zero-order valence-electron chi connectivity index (χ0n) is 18.4. The van der Waals surface area contributed by atoms with Gasteiger partial charge >= 0.3 is 0 Å². The van der Waals surface area contributed by atoms with E-state index in [9.17, 15) is 8.42 Å². The van der Waals surface area contributed by atoms with Crippen LogP contribution in [0.1, 0.15) is 5.82 Å². The summed E-state index contributed by atoms with van der Waals surface area (Å²) in [5, 5.41) is 4.54. The van der Waals surface area contributed by atoms with Crippen LogP contribution in [0.15, 0.2) is 53.4 Å². The third kappa shape index (κ3) is 4.47. The van der Waals surface area contributed by atoms with E-state index in [-0.39, 0.29) is 4.90 Å². The number of hydrogen-bond donors (Lipinski definition) is 0. The molecule has 32 heavy (non-hydrogen) atoms. The fourth-order valence-corrected chi connectivity index (χ4v) is 5.37. The molecule has 2 heterocycles. The van der Waals surface area contributed by atoms with Gasteiger partial charge in [-0.2, -0.15) is 9.40 Å². The summed E-state index contributed by atoms with van der Waals surface area (Å²) in [6.07, 6.45) is 0. The van der Waals surface area contributed by atoms with Gasteiger partial charge in [-0.1, -0.05) is 30.3 Å². The van der Waals surface area contributed by atoms with E-state index in [0.717, 1.165) is 11.4 Å². The van der Waals surface area contributed by atoms with Gasteiger partial charge in [0.15, 0.2) is 5.82 Å². The van der Waals surface area contributed by atoms with Crippen LogP contribution in [0.5, 0.6) is 11.5 Å². The van der Waals surface area contributed by atoms with Gasteiger partial charge in [0.05, 0.1) is 20.9 Å². The lowest BCUT2D eigenvalue weighted by atomic mass is 10.2. The minimum Gasteiger partial charge on any atom is -0.497 e. The Kier molecular flexibility index (Phi) is 6.45. The molecule has 0 N–H and O–H groups in total. The summed E-state index contributed by atoms with van der Waals surface area (Å²) in [6, 6.07) is 14.7. The summed E-state index contributed by atoms with van der Waals surface area (Å²) in [6.45, 7) is 4.32. The molecule has 0 radical (unpaired) electrons. The zero-order chi connectivity index (χ0) is 22.7. The largest absolute Gasteiger partial charge is 0.497 e. The lowest BCUT2D eigenvalue weighted by Gasteiger charge is -2.34. The Balaban J connectivity index is 1.48. The van der Waals surface area contributed by atoms with Crippen LogP contribution >= 0.6 is 0 Å². The Bertz CT molecular complexity index is 1170. The number of hydrogen-bond acceptors (Lipinski definition) is 7. The molecule has 3 aromatic rings. The molecular formula is C22H27N5O4S. The zero-order valence-corrected chi connectivity index (χ0v) is 19.2. The number of nitrogens with zero attached hydrogens (tertiary/aromatic N) is 5. The molecule has 0 unspecified atom stereocenters. The minimum absolute atomic E-state index is 0.117. The van der Waals surface area contributed by atoms with Crippen molar-refractivity contribution in [3.63, 3.8) is 0 Å². The first-order valence-corrected chi connectivity index (χ1v) is 11.8. The van der Waals surface area contributed by atoms with Crippen molar-refractivity contribution in [3.8, 4) is 22.9 Å². The Morgan fingerprint density at radius 3 is 2.34 bits per heavy atom. The Morgan fingerprint density at radius 2 is 1.69 bits per heavy atom. The fourth-order valence-electron chi connectivity index (χ4n) is 3.78. The van der Waals surface area contributed by atoms with Crippen LogP contribution in [0.3, 0.4) is 0 Å². The molecular weight excluding hydrogens is 430 g/mol. The highest BCUT2D eigenvalue weighted by Crippen LogP contribution is 2.31. The van der Waals surface area contributed by atoms with E-state index >= 15 is 0 Å². The maximum Gasteiger partial charge on any atom is 0.246 e. The highest BCUT2D eigenvalue weighted by atomic mass is 32.2. The second kappa shape index (κ2) is 9.27. The first kappa shape index (κ1) is 22.3. The number of aryl methyl sites for hydroxylation is 1.